The van der Waals surface area contributed by atoms with Gasteiger partial charge >= 0.3 is 19.9 Å². The summed E-state index contributed by atoms with van der Waals surface area (Å²) in [6.45, 7) is 2.79. The fraction of sp³-hybridized carbons (Fsp3) is 0.474. The van der Waals surface area contributed by atoms with Crippen molar-refractivity contribution in [3.63, 3.8) is 0 Å². The van der Waals surface area contributed by atoms with Crippen molar-refractivity contribution in [2.45, 2.75) is 45.1 Å². The van der Waals surface area contributed by atoms with E-state index in [1.165, 1.54) is 17.7 Å². The van der Waals surface area contributed by atoms with E-state index in [9.17, 15) is 18.9 Å². The molecule has 31 heavy (non-hydrogen) atoms. The van der Waals surface area contributed by atoms with Crippen LogP contribution in [0.25, 0.3) is 0 Å². The van der Waals surface area contributed by atoms with E-state index in [0.29, 0.717) is 12.0 Å². The van der Waals surface area contributed by atoms with Gasteiger partial charge in [0.2, 0.25) is 0 Å². The van der Waals surface area contributed by atoms with Crippen LogP contribution >= 0.6 is 8.25 Å². The van der Waals surface area contributed by atoms with Gasteiger partial charge in [0.25, 0.3) is 5.56 Å². The maximum Gasteiger partial charge on any atom is 0.697 e. The molecule has 11 nitrogen and oxygen atoms in total. The lowest BCUT2D eigenvalue weighted by atomic mass is 10.2. The number of nitrogens with zero attached hydrogens (tertiary/aromatic N) is 2. The second-order valence-electron chi connectivity index (χ2n) is 6.92. The number of hydrogen-bond acceptors (Lipinski definition) is 9. The highest BCUT2D eigenvalue weighted by Gasteiger charge is 2.41. The number of ether oxygens (including phenoxy) is 2. The summed E-state index contributed by atoms with van der Waals surface area (Å²) in [5.41, 5.74) is -0.0102. The molecule has 1 unspecified atom stereocenters. The summed E-state index contributed by atoms with van der Waals surface area (Å²) < 4.78 is 34.7. The Kier molecular flexibility index (Phi) is 7.80. The third-order valence-electron chi connectivity index (χ3n) is 4.58. The predicted molar refractivity (Wildman–Crippen MR) is 108 cm³/mol. The molecule has 0 bridgehead atoms. The highest BCUT2D eigenvalue weighted by atomic mass is 31.1. The first-order valence-electron chi connectivity index (χ1n) is 9.61. The van der Waals surface area contributed by atoms with Crippen molar-refractivity contribution in [1.29, 1.82) is 0 Å². The predicted octanol–water partition coefficient (Wildman–Crippen LogP) is 1.39. The molecule has 3 rings (SSSR count). The number of aromatic nitrogens is 3. The number of aromatic amines is 1. The summed E-state index contributed by atoms with van der Waals surface area (Å²) >= 11 is 0. The lowest BCUT2D eigenvalue weighted by Crippen LogP contribution is -2.33. The Morgan fingerprint density at radius 1 is 1.35 bits per heavy atom. The molecule has 0 amide bonds. The van der Waals surface area contributed by atoms with Crippen LogP contribution in [-0.4, -0.2) is 45.9 Å². The molecule has 1 aliphatic heterocycles. The number of carbonyl (C=O) groups excluding carboxylic acids is 1. The number of H-pyrrole nitrogens is 1. The number of rotatable bonds is 9. The van der Waals surface area contributed by atoms with Crippen molar-refractivity contribution in [3.05, 3.63) is 62.7 Å². The zero-order valence-electron chi connectivity index (χ0n) is 17.1. The molecule has 1 saturated heterocycles. The zero-order valence-corrected chi connectivity index (χ0v) is 17.9. The SMILES string of the molecule is CC(=O)O[C@H]1C[C@H](n2cc(C)c(=O)[nH]c2=O)O[C@@H]1CO[P+](=O)OCCc1ccccn1. The molecule has 0 radical (unpaired) electrons. The Balaban J connectivity index is 1.57. The fourth-order valence-electron chi connectivity index (χ4n) is 3.10. The molecule has 0 aromatic carbocycles. The number of carbonyl (C=O) groups is 1. The lowest BCUT2D eigenvalue weighted by Gasteiger charge is -2.15. The Morgan fingerprint density at radius 3 is 2.87 bits per heavy atom. The first kappa shape index (κ1) is 23.0. The van der Waals surface area contributed by atoms with E-state index < -0.39 is 43.9 Å². The van der Waals surface area contributed by atoms with Gasteiger partial charge in [0.1, 0.15) is 31.6 Å². The second-order valence-corrected chi connectivity index (χ2v) is 7.88. The molecular weight excluding hydrogens is 429 g/mol. The standard InChI is InChI=1S/C19H22N3O8P/c1-12-10-22(19(25)21-18(12)24)17-9-15(29-13(2)23)16(30-17)11-28-31(26)27-8-6-14-5-3-4-7-20-14/h3-5,7,10,15-17H,6,8-9,11H2,1-2H3/p+1/t15-,16+,17+/m0/s1. The van der Waals surface area contributed by atoms with Crippen molar-refractivity contribution in [1.82, 2.24) is 14.5 Å². The fourth-order valence-corrected chi connectivity index (χ4v) is 3.68. The van der Waals surface area contributed by atoms with E-state index in [0.717, 1.165) is 5.69 Å². The van der Waals surface area contributed by atoms with Crippen molar-refractivity contribution in [2.24, 2.45) is 0 Å². The molecule has 0 saturated carbocycles. The van der Waals surface area contributed by atoms with Gasteiger partial charge in [-0.3, -0.25) is 24.1 Å². The molecule has 0 aliphatic carbocycles. The van der Waals surface area contributed by atoms with Crippen LogP contribution in [0.5, 0.6) is 0 Å². The number of pyridine rings is 1. The summed E-state index contributed by atoms with van der Waals surface area (Å²) in [6.07, 6.45) is 1.38. The number of nitrogens with one attached hydrogen (secondary N) is 1. The molecule has 166 valence electrons. The van der Waals surface area contributed by atoms with Crippen LogP contribution in [0, 0.1) is 6.92 Å². The molecule has 1 fully saturated rings. The van der Waals surface area contributed by atoms with Gasteiger partial charge in [0, 0.05) is 48.0 Å². The van der Waals surface area contributed by atoms with E-state index in [2.05, 4.69) is 9.97 Å². The highest BCUT2D eigenvalue weighted by Crippen LogP contribution is 2.33. The molecule has 3 heterocycles. The van der Waals surface area contributed by atoms with Gasteiger partial charge in [-0.15, -0.1) is 9.05 Å². The maximum absolute atomic E-state index is 12.1. The summed E-state index contributed by atoms with van der Waals surface area (Å²) in [7, 11) is -2.43. The summed E-state index contributed by atoms with van der Waals surface area (Å²) in [5, 5.41) is 0. The van der Waals surface area contributed by atoms with Crippen molar-refractivity contribution < 1.29 is 27.9 Å². The van der Waals surface area contributed by atoms with Crippen molar-refractivity contribution in [3.8, 4) is 0 Å². The molecule has 0 spiro atoms. The van der Waals surface area contributed by atoms with Crippen molar-refractivity contribution in [2.75, 3.05) is 13.2 Å². The van der Waals surface area contributed by atoms with Gasteiger partial charge in [0.05, 0.1) is 0 Å². The number of hydrogen-bond donors (Lipinski definition) is 1. The average Bonchev–Trinajstić information content (AvgIpc) is 3.11. The molecule has 1 N–H and O–H groups in total. The topological polar surface area (TPSA) is 139 Å². The maximum atomic E-state index is 12.1. The molecular formula is C19H23N3O8P+. The van der Waals surface area contributed by atoms with E-state index in [1.807, 2.05) is 12.1 Å². The molecule has 1 aliphatic rings. The third-order valence-corrected chi connectivity index (χ3v) is 5.33. The normalized spacial score (nSPS) is 21.1. The summed E-state index contributed by atoms with van der Waals surface area (Å²) in [6, 6.07) is 5.47. The average molecular weight is 452 g/mol. The highest BCUT2D eigenvalue weighted by molar-refractivity contribution is 7.33. The Morgan fingerprint density at radius 2 is 2.16 bits per heavy atom. The van der Waals surface area contributed by atoms with Gasteiger partial charge in [-0.05, 0) is 19.1 Å². The second kappa shape index (κ2) is 10.5. The van der Waals surface area contributed by atoms with Crippen molar-refractivity contribution >= 4 is 14.2 Å². The van der Waals surface area contributed by atoms with Gasteiger partial charge in [0.15, 0.2) is 0 Å². The first-order valence-corrected chi connectivity index (χ1v) is 10.7. The quantitative estimate of drug-likeness (QED) is 0.442. The summed E-state index contributed by atoms with van der Waals surface area (Å²) in [5.74, 6) is -0.528. The minimum Gasteiger partial charge on any atom is -0.460 e. The van der Waals surface area contributed by atoms with Crippen LogP contribution in [0.3, 0.4) is 0 Å². The van der Waals surface area contributed by atoms with Crippen LogP contribution in [0.15, 0.2) is 40.2 Å². The van der Waals surface area contributed by atoms with Crippen LogP contribution in [0.1, 0.15) is 30.8 Å². The Labute approximate surface area is 178 Å². The van der Waals surface area contributed by atoms with E-state index in [1.54, 1.807) is 19.2 Å². The monoisotopic (exact) mass is 452 g/mol. The van der Waals surface area contributed by atoms with Crippen LogP contribution in [-0.2, 0) is 34.3 Å². The molecule has 2 aromatic rings. The van der Waals surface area contributed by atoms with Crippen LogP contribution in [0.4, 0.5) is 0 Å². The lowest BCUT2D eigenvalue weighted by molar-refractivity contribution is -0.150. The minimum atomic E-state index is -2.43. The van der Waals surface area contributed by atoms with E-state index in [-0.39, 0.29) is 19.6 Å². The molecule has 4 atom stereocenters. The van der Waals surface area contributed by atoms with Gasteiger partial charge < -0.3 is 9.47 Å². The molecule has 12 heteroatoms. The Bertz CT molecular complexity index is 1040. The summed E-state index contributed by atoms with van der Waals surface area (Å²) in [4.78, 5) is 41.5. The first-order chi connectivity index (χ1) is 14.8. The Hall–Kier alpha value is -2.72. The minimum absolute atomic E-state index is 0.153. The number of esters is 1. The van der Waals surface area contributed by atoms with E-state index >= 15 is 0 Å². The largest absolute Gasteiger partial charge is 0.697 e. The third kappa shape index (κ3) is 6.38. The van der Waals surface area contributed by atoms with Crippen LogP contribution in [0.2, 0.25) is 0 Å². The smallest absolute Gasteiger partial charge is 0.460 e. The van der Waals surface area contributed by atoms with Gasteiger partial charge in [-0.25, -0.2) is 4.79 Å². The van der Waals surface area contributed by atoms with E-state index in [4.69, 9.17) is 18.5 Å². The van der Waals surface area contributed by atoms with Gasteiger partial charge in [-0.2, -0.15) is 0 Å². The zero-order chi connectivity index (χ0) is 22.4. The van der Waals surface area contributed by atoms with Crippen LogP contribution < -0.4 is 11.2 Å². The van der Waals surface area contributed by atoms with Gasteiger partial charge in [-0.1, -0.05) is 6.07 Å². The number of aryl methyl sites for hydroxylation is 1. The molecule has 2 aromatic heterocycles.